The molecule has 0 spiro atoms. The van der Waals surface area contributed by atoms with Crippen LogP contribution in [0.4, 0.5) is 4.79 Å². The van der Waals surface area contributed by atoms with Gasteiger partial charge in [0.1, 0.15) is 19.0 Å². The summed E-state index contributed by atoms with van der Waals surface area (Å²) in [5.74, 6) is 1.63. The number of hydrogen-bond donors (Lipinski definition) is 0. The van der Waals surface area contributed by atoms with Gasteiger partial charge in [-0.25, -0.2) is 0 Å². The van der Waals surface area contributed by atoms with Gasteiger partial charge in [-0.05, 0) is 73.1 Å². The summed E-state index contributed by atoms with van der Waals surface area (Å²) in [5, 5.41) is -0.291. The number of carbonyl (C=O) groups is 2. The molecule has 6 nitrogen and oxygen atoms in total. The third-order valence-corrected chi connectivity index (χ3v) is 7.04. The molecule has 3 aromatic carbocycles. The van der Waals surface area contributed by atoms with Gasteiger partial charge >= 0.3 is 0 Å². The first-order valence-corrected chi connectivity index (χ1v) is 13.1. The molecule has 2 amide bonds. The highest BCUT2D eigenvalue weighted by molar-refractivity contribution is 9.10. The van der Waals surface area contributed by atoms with Crippen molar-refractivity contribution in [3.8, 4) is 17.2 Å². The first-order chi connectivity index (χ1) is 17.4. The average molecular weight is 568 g/mol. The third-order valence-electron chi connectivity index (χ3n) is 5.36. The van der Waals surface area contributed by atoms with Crippen LogP contribution in [0.15, 0.2) is 76.1 Å². The second kappa shape index (κ2) is 12.1. The van der Waals surface area contributed by atoms with Crippen LogP contribution in [-0.2, 0) is 11.3 Å². The van der Waals surface area contributed by atoms with E-state index in [2.05, 4.69) is 15.9 Å². The number of hydrogen-bond acceptors (Lipinski definition) is 6. The van der Waals surface area contributed by atoms with Gasteiger partial charge in [-0.1, -0.05) is 57.9 Å². The van der Waals surface area contributed by atoms with E-state index in [-0.39, 0.29) is 17.7 Å². The zero-order valence-electron chi connectivity index (χ0n) is 20.0. The number of benzene rings is 3. The molecule has 0 bridgehead atoms. The van der Waals surface area contributed by atoms with E-state index in [1.54, 1.807) is 18.2 Å². The minimum atomic E-state index is -0.313. The Labute approximate surface area is 223 Å². The Balaban J connectivity index is 1.41. The van der Waals surface area contributed by atoms with Crippen molar-refractivity contribution in [2.24, 2.45) is 0 Å². The molecule has 8 heteroatoms. The van der Waals surface area contributed by atoms with Crippen LogP contribution in [0.25, 0.3) is 6.08 Å². The number of thioether (sulfide) groups is 1. The summed E-state index contributed by atoms with van der Waals surface area (Å²) in [6.45, 7) is 5.33. The summed E-state index contributed by atoms with van der Waals surface area (Å²) in [6.07, 6.45) is 1.71. The number of carbonyl (C=O) groups excluding carboxylic acids is 2. The van der Waals surface area contributed by atoms with Gasteiger partial charge in [0.15, 0.2) is 11.5 Å². The van der Waals surface area contributed by atoms with Gasteiger partial charge in [0.05, 0.1) is 18.1 Å². The van der Waals surface area contributed by atoms with Gasteiger partial charge < -0.3 is 14.2 Å². The Morgan fingerprint density at radius 1 is 0.917 bits per heavy atom. The van der Waals surface area contributed by atoms with Crippen LogP contribution in [0.2, 0.25) is 0 Å². The number of aryl methyl sites for hydroxylation is 1. The number of imide groups is 1. The predicted octanol–water partition coefficient (Wildman–Crippen LogP) is 6.85. The predicted molar refractivity (Wildman–Crippen MR) is 145 cm³/mol. The monoisotopic (exact) mass is 567 g/mol. The molecule has 186 valence electrons. The largest absolute Gasteiger partial charge is 0.490 e. The highest BCUT2D eigenvalue weighted by atomic mass is 79.9. The summed E-state index contributed by atoms with van der Waals surface area (Å²) in [6, 6.07) is 20.8. The number of halogens is 1. The van der Waals surface area contributed by atoms with Crippen molar-refractivity contribution in [1.29, 1.82) is 0 Å². The van der Waals surface area contributed by atoms with Crippen LogP contribution in [-0.4, -0.2) is 35.9 Å². The van der Waals surface area contributed by atoms with Gasteiger partial charge in [-0.15, -0.1) is 0 Å². The molecule has 1 fully saturated rings. The number of rotatable bonds is 10. The summed E-state index contributed by atoms with van der Waals surface area (Å²) in [5.41, 5.74) is 2.79. The first-order valence-electron chi connectivity index (χ1n) is 11.5. The molecule has 3 aromatic rings. The normalized spacial score (nSPS) is 14.4. The molecule has 1 saturated heterocycles. The molecule has 1 aliphatic rings. The molecule has 4 rings (SSSR count). The second-order valence-corrected chi connectivity index (χ2v) is 9.86. The second-order valence-electron chi connectivity index (χ2n) is 8.01. The molecule has 0 aliphatic carbocycles. The molecule has 0 radical (unpaired) electrons. The van der Waals surface area contributed by atoms with Crippen molar-refractivity contribution in [1.82, 2.24) is 4.90 Å². The van der Waals surface area contributed by atoms with E-state index in [1.807, 2.05) is 68.4 Å². The quantitative estimate of drug-likeness (QED) is 0.197. The van der Waals surface area contributed by atoms with Crippen molar-refractivity contribution >= 4 is 44.9 Å². The molecule has 1 aliphatic heterocycles. The van der Waals surface area contributed by atoms with Gasteiger partial charge in [-0.3, -0.25) is 14.5 Å². The smallest absolute Gasteiger partial charge is 0.293 e. The zero-order chi connectivity index (χ0) is 25.5. The van der Waals surface area contributed by atoms with E-state index in [0.29, 0.717) is 36.2 Å². The molecule has 1 heterocycles. The fourth-order valence-electron chi connectivity index (χ4n) is 3.53. The molecule has 0 N–H and O–H groups in total. The third kappa shape index (κ3) is 6.50. The maximum atomic E-state index is 13.0. The van der Waals surface area contributed by atoms with Crippen LogP contribution >= 0.6 is 27.7 Å². The van der Waals surface area contributed by atoms with E-state index >= 15 is 0 Å². The van der Waals surface area contributed by atoms with Crippen LogP contribution in [0.3, 0.4) is 0 Å². The number of nitrogens with zero attached hydrogens (tertiary/aromatic N) is 1. The Hall–Kier alpha value is -3.23. The van der Waals surface area contributed by atoms with Crippen molar-refractivity contribution in [3.05, 3.63) is 92.8 Å². The molecule has 0 aromatic heterocycles. The van der Waals surface area contributed by atoms with Gasteiger partial charge in [-0.2, -0.15) is 0 Å². The lowest BCUT2D eigenvalue weighted by molar-refractivity contribution is -0.123. The van der Waals surface area contributed by atoms with Crippen molar-refractivity contribution < 1.29 is 23.8 Å². The van der Waals surface area contributed by atoms with E-state index in [1.165, 1.54) is 10.5 Å². The topological polar surface area (TPSA) is 65.1 Å². The van der Waals surface area contributed by atoms with Gasteiger partial charge in [0.2, 0.25) is 0 Å². The Morgan fingerprint density at radius 3 is 2.42 bits per heavy atom. The fourth-order valence-corrected chi connectivity index (χ4v) is 4.78. The Kier molecular flexibility index (Phi) is 8.72. The van der Waals surface area contributed by atoms with Crippen molar-refractivity contribution in [2.75, 3.05) is 19.8 Å². The summed E-state index contributed by atoms with van der Waals surface area (Å²) in [4.78, 5) is 27.1. The van der Waals surface area contributed by atoms with Crippen LogP contribution < -0.4 is 14.2 Å². The van der Waals surface area contributed by atoms with E-state index in [4.69, 9.17) is 14.2 Å². The highest BCUT2D eigenvalue weighted by Gasteiger charge is 2.35. The average Bonchev–Trinajstić information content (AvgIpc) is 3.13. The SMILES string of the molecule is CCOc1cc(/C=C2\SC(=O)N(Cc3ccccc3Br)C2=O)ccc1OCCOc1ccc(C)cc1. The van der Waals surface area contributed by atoms with Crippen molar-refractivity contribution in [3.63, 3.8) is 0 Å². The molecule has 36 heavy (non-hydrogen) atoms. The summed E-state index contributed by atoms with van der Waals surface area (Å²) < 4.78 is 18.2. The fraction of sp³-hybridized carbons (Fsp3) is 0.214. The lowest BCUT2D eigenvalue weighted by Gasteiger charge is -2.14. The lowest BCUT2D eigenvalue weighted by atomic mass is 10.1. The molecule has 0 saturated carbocycles. The van der Waals surface area contributed by atoms with Gasteiger partial charge in [0.25, 0.3) is 11.1 Å². The number of ether oxygens (including phenoxy) is 3. The maximum absolute atomic E-state index is 13.0. The van der Waals surface area contributed by atoms with Crippen LogP contribution in [0, 0.1) is 6.92 Å². The summed E-state index contributed by atoms with van der Waals surface area (Å²) >= 11 is 4.41. The Bertz CT molecular complexity index is 1280. The molecular weight excluding hydrogens is 542 g/mol. The minimum absolute atomic E-state index is 0.213. The molecule has 0 atom stereocenters. The maximum Gasteiger partial charge on any atom is 0.293 e. The molecular formula is C28H26BrNO5S. The summed E-state index contributed by atoms with van der Waals surface area (Å²) in [7, 11) is 0. The lowest BCUT2D eigenvalue weighted by Crippen LogP contribution is -2.27. The Morgan fingerprint density at radius 2 is 1.67 bits per heavy atom. The zero-order valence-corrected chi connectivity index (χ0v) is 22.4. The number of amides is 2. The highest BCUT2D eigenvalue weighted by Crippen LogP contribution is 2.36. The van der Waals surface area contributed by atoms with E-state index in [0.717, 1.165) is 33.1 Å². The molecule has 0 unspecified atom stereocenters. The van der Waals surface area contributed by atoms with Gasteiger partial charge in [0, 0.05) is 4.47 Å². The first kappa shape index (κ1) is 25.9. The van der Waals surface area contributed by atoms with E-state index in [9.17, 15) is 9.59 Å². The van der Waals surface area contributed by atoms with Crippen LogP contribution in [0.1, 0.15) is 23.6 Å². The van der Waals surface area contributed by atoms with E-state index < -0.39 is 0 Å². The van der Waals surface area contributed by atoms with Crippen molar-refractivity contribution in [2.45, 2.75) is 20.4 Å². The standard InChI is InChI=1S/C28H26BrNO5S/c1-3-33-25-16-20(10-13-24(25)35-15-14-34-22-11-8-19(2)9-12-22)17-26-27(31)30(28(32)36-26)18-21-6-4-5-7-23(21)29/h4-13,16-17H,3,14-15,18H2,1-2H3/b26-17-. The van der Waals surface area contributed by atoms with Crippen LogP contribution in [0.5, 0.6) is 17.2 Å². The minimum Gasteiger partial charge on any atom is -0.490 e.